The molecule has 0 bridgehead atoms. The molecule has 6 N–H and O–H groups in total. The van der Waals surface area contributed by atoms with Gasteiger partial charge in [0.2, 0.25) is 17.7 Å². The minimum Gasteiger partial charge on any atom is -0.508 e. The summed E-state index contributed by atoms with van der Waals surface area (Å²) in [5.41, 5.74) is 12.6. The highest BCUT2D eigenvalue weighted by Gasteiger charge is 2.39. The Bertz CT molecular complexity index is 1010. The monoisotopic (exact) mass is 425 g/mol. The van der Waals surface area contributed by atoms with Crippen LogP contribution in [0.5, 0.6) is 5.75 Å². The maximum atomic E-state index is 13.3. The lowest BCUT2D eigenvalue weighted by Crippen LogP contribution is -2.59. The number of nitrogens with one attached hydrogen (secondary N) is 1. The Hall–Kier alpha value is -3.95. The summed E-state index contributed by atoms with van der Waals surface area (Å²) < 4.78 is 0. The molecule has 1 aliphatic rings. The van der Waals surface area contributed by atoms with Crippen molar-refractivity contribution in [2.24, 2.45) is 11.5 Å². The summed E-state index contributed by atoms with van der Waals surface area (Å²) in [6, 6.07) is 5.87. The highest BCUT2D eigenvalue weighted by Crippen LogP contribution is 2.30. The van der Waals surface area contributed by atoms with Gasteiger partial charge in [-0.1, -0.05) is 12.1 Å². The molecule has 1 aromatic carbocycles. The zero-order valence-electron chi connectivity index (χ0n) is 16.7. The van der Waals surface area contributed by atoms with Crippen LogP contribution < -0.4 is 21.7 Å². The van der Waals surface area contributed by atoms with Crippen LogP contribution in [0.15, 0.2) is 42.7 Å². The number of benzene rings is 1. The molecule has 3 rings (SSSR count). The normalized spacial score (nSPS) is 16.3. The third kappa shape index (κ3) is 5.16. The average molecular weight is 425 g/mol. The van der Waals surface area contributed by atoms with Crippen LogP contribution in [-0.2, 0) is 32.0 Å². The maximum absolute atomic E-state index is 13.3. The molecule has 2 aromatic rings. The van der Waals surface area contributed by atoms with Gasteiger partial charge in [0.1, 0.15) is 17.8 Å². The second-order valence-electron chi connectivity index (χ2n) is 7.29. The van der Waals surface area contributed by atoms with E-state index in [4.69, 9.17) is 11.5 Å². The fourth-order valence-electron chi connectivity index (χ4n) is 3.52. The van der Waals surface area contributed by atoms with Crippen molar-refractivity contribution >= 4 is 29.3 Å². The van der Waals surface area contributed by atoms with E-state index in [2.05, 4.69) is 10.3 Å². The van der Waals surface area contributed by atoms with E-state index in [-0.39, 0.29) is 31.4 Å². The number of phenolic OH excluding ortho intramolecular Hbond substituents is 1. The van der Waals surface area contributed by atoms with Gasteiger partial charge in [-0.15, -0.1) is 0 Å². The summed E-state index contributed by atoms with van der Waals surface area (Å²) in [6.45, 7) is 0. The third-order valence-corrected chi connectivity index (χ3v) is 5.04. The van der Waals surface area contributed by atoms with E-state index in [1.807, 2.05) is 0 Å². The number of nitrogens with zero attached hydrogens (tertiary/aromatic N) is 2. The number of nitrogens with two attached hydrogens (primary N) is 2. The van der Waals surface area contributed by atoms with Gasteiger partial charge in [-0.2, -0.15) is 0 Å². The standard InChI is InChI=1S/C21H23N5O5/c22-18(28)5-6-19(29)25-15-10-13-11-24-8-7-16(13)26(21(15)31)17(20(23)30)9-12-1-3-14(27)4-2-12/h1-4,7-8,11,15,17,27H,5-6,9-10H2,(H2,22,28)(H2,23,30)(H,25,29)/t15-,17?/m0/s1. The fourth-order valence-corrected chi connectivity index (χ4v) is 3.52. The van der Waals surface area contributed by atoms with Crippen molar-refractivity contribution in [1.29, 1.82) is 0 Å². The molecule has 2 atom stereocenters. The molecule has 10 heteroatoms. The Kier molecular flexibility index (Phi) is 6.49. The van der Waals surface area contributed by atoms with Gasteiger partial charge in [0.15, 0.2) is 0 Å². The molecule has 162 valence electrons. The van der Waals surface area contributed by atoms with Crippen LogP contribution in [0.3, 0.4) is 0 Å². The van der Waals surface area contributed by atoms with E-state index in [9.17, 15) is 24.3 Å². The van der Waals surface area contributed by atoms with E-state index in [1.54, 1.807) is 24.4 Å². The second-order valence-corrected chi connectivity index (χ2v) is 7.29. The predicted molar refractivity (Wildman–Crippen MR) is 111 cm³/mol. The van der Waals surface area contributed by atoms with E-state index in [0.717, 1.165) is 0 Å². The van der Waals surface area contributed by atoms with E-state index in [0.29, 0.717) is 16.8 Å². The number of rotatable bonds is 8. The Balaban J connectivity index is 1.90. The van der Waals surface area contributed by atoms with Crippen molar-refractivity contribution < 1.29 is 24.3 Å². The van der Waals surface area contributed by atoms with Crippen molar-refractivity contribution in [3.8, 4) is 5.75 Å². The molecule has 4 amide bonds. The van der Waals surface area contributed by atoms with Gasteiger partial charge in [-0.3, -0.25) is 29.1 Å². The van der Waals surface area contributed by atoms with Gasteiger partial charge in [0, 0.05) is 38.1 Å². The highest BCUT2D eigenvalue weighted by atomic mass is 16.3. The first-order valence-electron chi connectivity index (χ1n) is 9.67. The molecule has 0 saturated heterocycles. The quantitative estimate of drug-likeness (QED) is 0.445. The number of amides is 4. The molecular weight excluding hydrogens is 402 g/mol. The van der Waals surface area contributed by atoms with Crippen LogP contribution in [0.25, 0.3) is 0 Å². The zero-order valence-corrected chi connectivity index (χ0v) is 16.7. The topological polar surface area (TPSA) is 169 Å². The Morgan fingerprint density at radius 2 is 1.87 bits per heavy atom. The average Bonchev–Trinajstić information content (AvgIpc) is 2.73. The van der Waals surface area contributed by atoms with E-state index >= 15 is 0 Å². The van der Waals surface area contributed by atoms with Gasteiger partial charge >= 0.3 is 0 Å². The predicted octanol–water partition coefficient (Wildman–Crippen LogP) is -0.477. The molecule has 0 aliphatic carbocycles. The number of hydrogen-bond donors (Lipinski definition) is 4. The maximum Gasteiger partial charge on any atom is 0.250 e. The van der Waals surface area contributed by atoms with Crippen molar-refractivity contribution in [2.75, 3.05) is 4.90 Å². The lowest BCUT2D eigenvalue weighted by molar-refractivity contribution is -0.130. The van der Waals surface area contributed by atoms with E-state index < -0.39 is 35.7 Å². The van der Waals surface area contributed by atoms with Gasteiger partial charge < -0.3 is 21.9 Å². The first-order chi connectivity index (χ1) is 14.8. The number of phenols is 1. The van der Waals surface area contributed by atoms with Gasteiger partial charge in [0.25, 0.3) is 5.91 Å². The highest BCUT2D eigenvalue weighted by molar-refractivity contribution is 6.06. The summed E-state index contributed by atoms with van der Waals surface area (Å²) in [5, 5.41) is 12.1. The Morgan fingerprint density at radius 3 is 2.52 bits per heavy atom. The van der Waals surface area contributed by atoms with Crippen LogP contribution >= 0.6 is 0 Å². The van der Waals surface area contributed by atoms with Crippen molar-refractivity contribution in [2.45, 2.75) is 37.8 Å². The minimum atomic E-state index is -1.02. The SMILES string of the molecule is NC(=O)CCC(=O)N[C@H]1Cc2cnccc2N(C(Cc2ccc(O)cc2)C(N)=O)C1=O. The van der Waals surface area contributed by atoms with Crippen LogP contribution in [0.2, 0.25) is 0 Å². The third-order valence-electron chi connectivity index (χ3n) is 5.04. The molecule has 1 aromatic heterocycles. The first kappa shape index (κ1) is 21.8. The van der Waals surface area contributed by atoms with E-state index in [1.165, 1.54) is 23.2 Å². The fraction of sp³-hybridized carbons (Fsp3) is 0.286. The minimum absolute atomic E-state index is 0.0728. The molecule has 0 spiro atoms. The molecule has 1 unspecified atom stereocenters. The summed E-state index contributed by atoms with van der Waals surface area (Å²) in [4.78, 5) is 54.1. The number of aromatic nitrogens is 1. The molecule has 10 nitrogen and oxygen atoms in total. The molecule has 0 radical (unpaired) electrons. The Labute approximate surface area is 178 Å². The van der Waals surface area contributed by atoms with Gasteiger partial charge in [0.05, 0.1) is 5.69 Å². The number of anilines is 1. The number of carbonyl (C=O) groups excluding carboxylic acids is 4. The molecule has 1 aliphatic heterocycles. The number of pyridine rings is 1. The van der Waals surface area contributed by atoms with Gasteiger partial charge in [-0.25, -0.2) is 0 Å². The summed E-state index contributed by atoms with van der Waals surface area (Å²) in [5.74, 6) is -2.26. The summed E-state index contributed by atoms with van der Waals surface area (Å²) in [6.07, 6.45) is 3.08. The molecular formula is C21H23N5O5. The van der Waals surface area contributed by atoms with Crippen molar-refractivity contribution in [1.82, 2.24) is 10.3 Å². The smallest absolute Gasteiger partial charge is 0.250 e. The van der Waals surface area contributed by atoms with Gasteiger partial charge in [-0.05, 0) is 29.3 Å². The lowest BCUT2D eigenvalue weighted by atomic mass is 9.94. The molecule has 31 heavy (non-hydrogen) atoms. The lowest BCUT2D eigenvalue weighted by Gasteiger charge is -2.38. The molecule has 0 saturated carbocycles. The molecule has 0 fully saturated rings. The number of carbonyl (C=O) groups is 4. The number of aromatic hydroxyl groups is 1. The summed E-state index contributed by atoms with van der Waals surface area (Å²) in [7, 11) is 0. The second kappa shape index (κ2) is 9.24. The molecule has 2 heterocycles. The number of hydrogen-bond acceptors (Lipinski definition) is 6. The summed E-state index contributed by atoms with van der Waals surface area (Å²) >= 11 is 0. The first-order valence-corrected chi connectivity index (χ1v) is 9.67. The number of primary amides is 2. The Morgan fingerprint density at radius 1 is 1.16 bits per heavy atom. The van der Waals surface area contributed by atoms with Crippen LogP contribution in [-0.4, -0.2) is 45.8 Å². The van der Waals surface area contributed by atoms with Crippen LogP contribution in [0, 0.1) is 0 Å². The largest absolute Gasteiger partial charge is 0.508 e. The van der Waals surface area contributed by atoms with Crippen molar-refractivity contribution in [3.05, 3.63) is 53.9 Å². The van der Waals surface area contributed by atoms with Crippen molar-refractivity contribution in [3.63, 3.8) is 0 Å². The van der Waals surface area contributed by atoms with Crippen LogP contribution in [0.1, 0.15) is 24.0 Å². The number of fused-ring (bicyclic) bond motifs is 1. The zero-order chi connectivity index (χ0) is 22.5. The van der Waals surface area contributed by atoms with Crippen LogP contribution in [0.4, 0.5) is 5.69 Å².